The molecule has 0 aliphatic heterocycles. The second-order valence-corrected chi connectivity index (χ2v) is 6.26. The number of nitrogens with one attached hydrogen (secondary N) is 1. The van der Waals surface area contributed by atoms with Crippen molar-refractivity contribution in [2.45, 2.75) is 13.5 Å². The predicted molar refractivity (Wildman–Crippen MR) is 100 cm³/mol. The van der Waals surface area contributed by atoms with Gasteiger partial charge in [0.1, 0.15) is 6.54 Å². The van der Waals surface area contributed by atoms with E-state index in [9.17, 15) is 4.79 Å². The van der Waals surface area contributed by atoms with Gasteiger partial charge in [0.15, 0.2) is 0 Å². The molecule has 0 fully saturated rings. The molecule has 3 aromatic rings. The lowest BCUT2D eigenvalue weighted by molar-refractivity contribution is -0.122. The summed E-state index contributed by atoms with van der Waals surface area (Å²) in [6.07, 6.45) is 1.43. The van der Waals surface area contributed by atoms with E-state index in [2.05, 4.69) is 25.9 Å². The molecule has 26 heavy (non-hydrogen) atoms. The van der Waals surface area contributed by atoms with Crippen LogP contribution in [0.25, 0.3) is 11.4 Å². The summed E-state index contributed by atoms with van der Waals surface area (Å²) in [5.41, 5.74) is 4.93. The Morgan fingerprint density at radius 3 is 2.85 bits per heavy atom. The molecule has 1 aromatic heterocycles. The van der Waals surface area contributed by atoms with Crippen LogP contribution in [0.15, 0.2) is 47.6 Å². The van der Waals surface area contributed by atoms with Gasteiger partial charge in [-0.2, -0.15) is 9.90 Å². The second-order valence-electron chi connectivity index (χ2n) is 5.42. The van der Waals surface area contributed by atoms with Gasteiger partial charge in [-0.15, -0.1) is 10.2 Å². The van der Waals surface area contributed by atoms with E-state index < -0.39 is 0 Å². The van der Waals surface area contributed by atoms with E-state index in [4.69, 9.17) is 23.2 Å². The molecule has 2 aromatic carbocycles. The molecule has 9 heteroatoms. The third-order valence-corrected chi connectivity index (χ3v) is 4.04. The van der Waals surface area contributed by atoms with Crippen LogP contribution >= 0.6 is 23.2 Å². The second kappa shape index (κ2) is 8.07. The molecule has 0 aliphatic rings. The number of halogens is 2. The number of hydrogen-bond acceptors (Lipinski definition) is 5. The molecule has 3 rings (SSSR count). The van der Waals surface area contributed by atoms with Gasteiger partial charge >= 0.3 is 0 Å². The summed E-state index contributed by atoms with van der Waals surface area (Å²) in [6.45, 7) is 1.85. The number of hydrazone groups is 1. The van der Waals surface area contributed by atoms with Crippen molar-refractivity contribution in [1.82, 2.24) is 25.6 Å². The van der Waals surface area contributed by atoms with Gasteiger partial charge in [0.2, 0.25) is 5.82 Å². The molecular weight excluding hydrogens is 375 g/mol. The Morgan fingerprint density at radius 1 is 1.27 bits per heavy atom. The minimum atomic E-state index is -0.389. The number of carbonyl (C=O) groups excluding carboxylic acids is 1. The summed E-state index contributed by atoms with van der Waals surface area (Å²) in [5, 5.41) is 16.9. The Bertz CT molecular complexity index is 969. The molecule has 1 heterocycles. The zero-order valence-electron chi connectivity index (χ0n) is 13.7. The van der Waals surface area contributed by atoms with Crippen LogP contribution < -0.4 is 5.43 Å². The molecule has 0 atom stereocenters. The highest BCUT2D eigenvalue weighted by molar-refractivity contribution is 6.36. The van der Waals surface area contributed by atoms with Gasteiger partial charge in [-0.05, 0) is 29.8 Å². The highest BCUT2D eigenvalue weighted by Gasteiger charge is 2.10. The molecule has 1 amide bonds. The van der Waals surface area contributed by atoms with E-state index in [1.807, 2.05) is 31.2 Å². The normalized spacial score (nSPS) is 11.0. The maximum Gasteiger partial charge on any atom is 0.263 e. The number of hydrogen-bond donors (Lipinski definition) is 1. The molecule has 0 saturated carbocycles. The lowest BCUT2D eigenvalue weighted by atomic mass is 10.1. The molecular formula is C17H14Cl2N6O. The first-order valence-corrected chi connectivity index (χ1v) is 8.39. The summed E-state index contributed by atoms with van der Waals surface area (Å²) in [5.74, 6) is 0.0763. The van der Waals surface area contributed by atoms with E-state index in [-0.39, 0.29) is 12.5 Å². The molecule has 0 spiro atoms. The summed E-state index contributed by atoms with van der Waals surface area (Å²) in [4.78, 5) is 13.2. The number of rotatable bonds is 5. The van der Waals surface area contributed by atoms with E-state index >= 15 is 0 Å². The maximum absolute atomic E-state index is 11.9. The van der Waals surface area contributed by atoms with Gasteiger partial charge in [-0.1, -0.05) is 53.5 Å². The molecule has 0 bridgehead atoms. The van der Waals surface area contributed by atoms with Crippen LogP contribution in [0.5, 0.6) is 0 Å². The number of nitrogens with zero attached hydrogens (tertiary/aromatic N) is 5. The lowest BCUT2D eigenvalue weighted by Gasteiger charge is -2.00. The molecule has 0 saturated heterocycles. The van der Waals surface area contributed by atoms with Crippen LogP contribution in [-0.4, -0.2) is 32.3 Å². The van der Waals surface area contributed by atoms with E-state index in [0.29, 0.717) is 21.4 Å². The van der Waals surface area contributed by atoms with E-state index in [1.165, 1.54) is 11.0 Å². The van der Waals surface area contributed by atoms with Crippen molar-refractivity contribution in [3.05, 3.63) is 63.6 Å². The standard InChI is InChI=1S/C17H14Cl2N6O/c1-11-4-2-3-5-14(11)17-22-24-25(23-17)10-16(26)21-20-9-12-6-7-13(18)8-15(12)19/h2-9H,10H2,1H3,(H,21,26)/b20-9-. The predicted octanol–water partition coefficient (Wildman–Crippen LogP) is 3.11. The molecule has 132 valence electrons. The van der Waals surface area contributed by atoms with Crippen molar-refractivity contribution >= 4 is 35.3 Å². The number of amides is 1. The molecule has 0 radical (unpaired) electrons. The zero-order chi connectivity index (χ0) is 18.5. The fourth-order valence-corrected chi connectivity index (χ4v) is 2.64. The minimum Gasteiger partial charge on any atom is -0.271 e. The van der Waals surface area contributed by atoms with Crippen molar-refractivity contribution in [2.24, 2.45) is 5.10 Å². The van der Waals surface area contributed by atoms with Crippen LogP contribution in [0.4, 0.5) is 0 Å². The lowest BCUT2D eigenvalue weighted by Crippen LogP contribution is -2.24. The van der Waals surface area contributed by atoms with Gasteiger partial charge in [0, 0.05) is 16.1 Å². The fraction of sp³-hybridized carbons (Fsp3) is 0.118. The van der Waals surface area contributed by atoms with Gasteiger partial charge in [-0.25, -0.2) is 5.43 Å². The average molecular weight is 389 g/mol. The number of aromatic nitrogens is 4. The van der Waals surface area contributed by atoms with Crippen molar-refractivity contribution in [3.63, 3.8) is 0 Å². The van der Waals surface area contributed by atoms with Crippen molar-refractivity contribution < 1.29 is 4.79 Å². The quantitative estimate of drug-likeness (QED) is 0.537. The third-order valence-electron chi connectivity index (χ3n) is 3.48. The summed E-state index contributed by atoms with van der Waals surface area (Å²) < 4.78 is 0. The Morgan fingerprint density at radius 2 is 2.08 bits per heavy atom. The van der Waals surface area contributed by atoms with Gasteiger partial charge in [0.05, 0.1) is 11.2 Å². The Balaban J connectivity index is 1.60. The van der Waals surface area contributed by atoms with Crippen LogP contribution in [-0.2, 0) is 11.3 Å². The first-order chi connectivity index (χ1) is 12.5. The van der Waals surface area contributed by atoms with Crippen molar-refractivity contribution in [2.75, 3.05) is 0 Å². The topological polar surface area (TPSA) is 85.1 Å². The largest absolute Gasteiger partial charge is 0.271 e. The van der Waals surface area contributed by atoms with Gasteiger partial charge < -0.3 is 0 Å². The van der Waals surface area contributed by atoms with Crippen molar-refractivity contribution in [1.29, 1.82) is 0 Å². The monoisotopic (exact) mass is 388 g/mol. The van der Waals surface area contributed by atoms with Crippen LogP contribution in [0.3, 0.4) is 0 Å². The maximum atomic E-state index is 11.9. The highest BCUT2D eigenvalue weighted by Crippen LogP contribution is 2.19. The zero-order valence-corrected chi connectivity index (χ0v) is 15.2. The van der Waals surface area contributed by atoms with E-state index in [0.717, 1.165) is 11.1 Å². The SMILES string of the molecule is Cc1ccccc1-c1nnn(CC(=O)N/N=C\c2ccc(Cl)cc2Cl)n1. The molecule has 7 nitrogen and oxygen atoms in total. The van der Waals surface area contributed by atoms with Crippen LogP contribution in [0.1, 0.15) is 11.1 Å². The highest BCUT2D eigenvalue weighted by atomic mass is 35.5. The first kappa shape index (κ1) is 18.0. The molecule has 0 unspecified atom stereocenters. The average Bonchev–Trinajstić information content (AvgIpc) is 3.05. The molecule has 0 aliphatic carbocycles. The fourth-order valence-electron chi connectivity index (χ4n) is 2.19. The van der Waals surface area contributed by atoms with Gasteiger partial charge in [-0.3, -0.25) is 4.79 Å². The number of tetrazole rings is 1. The number of benzene rings is 2. The summed E-state index contributed by atoms with van der Waals surface area (Å²) >= 11 is 11.9. The summed E-state index contributed by atoms with van der Waals surface area (Å²) in [6, 6.07) is 12.7. The van der Waals surface area contributed by atoms with Crippen molar-refractivity contribution in [3.8, 4) is 11.4 Å². The summed E-state index contributed by atoms with van der Waals surface area (Å²) in [7, 11) is 0. The Labute approximate surface area is 159 Å². The van der Waals surface area contributed by atoms with Crippen LogP contribution in [0.2, 0.25) is 10.0 Å². The first-order valence-electron chi connectivity index (χ1n) is 7.63. The minimum absolute atomic E-state index is 0.107. The van der Waals surface area contributed by atoms with Gasteiger partial charge in [0.25, 0.3) is 5.91 Å². The Hall–Kier alpha value is -2.77. The smallest absolute Gasteiger partial charge is 0.263 e. The molecule has 1 N–H and O–H groups in total. The number of carbonyl (C=O) groups is 1. The third kappa shape index (κ3) is 4.44. The number of aryl methyl sites for hydroxylation is 1. The van der Waals surface area contributed by atoms with Crippen LogP contribution in [0, 0.1) is 6.92 Å². The Kier molecular flexibility index (Phi) is 5.60. The van der Waals surface area contributed by atoms with E-state index in [1.54, 1.807) is 18.2 Å².